The quantitative estimate of drug-likeness (QED) is 0.655. The van der Waals surface area contributed by atoms with E-state index >= 15 is 0 Å². The van der Waals surface area contributed by atoms with E-state index in [0.717, 1.165) is 12.6 Å². The van der Waals surface area contributed by atoms with E-state index in [2.05, 4.69) is 27.8 Å². The Kier molecular flexibility index (Phi) is 4.18. The Morgan fingerprint density at radius 3 is 2.83 bits per heavy atom. The van der Waals surface area contributed by atoms with E-state index < -0.39 is 11.0 Å². The molecule has 1 aromatic heterocycles. The third-order valence-corrected chi connectivity index (χ3v) is 3.92. The first-order chi connectivity index (χ1) is 11.1. The summed E-state index contributed by atoms with van der Waals surface area (Å²) >= 11 is 0. The fraction of sp³-hybridized carbons (Fsp3) is 0.250. The molecule has 1 heterocycles. The van der Waals surface area contributed by atoms with Gasteiger partial charge < -0.3 is 10.6 Å². The van der Waals surface area contributed by atoms with E-state index in [1.54, 1.807) is 0 Å². The molecule has 2 N–H and O–H groups in total. The zero-order valence-corrected chi connectivity index (χ0v) is 12.3. The third kappa shape index (κ3) is 3.63. The van der Waals surface area contributed by atoms with Gasteiger partial charge >= 0.3 is 11.7 Å². The fourth-order valence-corrected chi connectivity index (χ4v) is 2.61. The molecule has 0 radical (unpaired) electrons. The Labute approximate surface area is 132 Å². The number of amides is 2. The van der Waals surface area contributed by atoms with E-state index in [9.17, 15) is 14.9 Å². The first kappa shape index (κ1) is 15.0. The van der Waals surface area contributed by atoms with Crippen molar-refractivity contribution in [1.29, 1.82) is 0 Å². The van der Waals surface area contributed by atoms with E-state index in [0.29, 0.717) is 18.4 Å². The van der Waals surface area contributed by atoms with Crippen molar-refractivity contribution in [3.8, 4) is 0 Å². The summed E-state index contributed by atoms with van der Waals surface area (Å²) in [5, 5.41) is 16.1. The topological polar surface area (TPSA) is 97.2 Å². The number of aromatic nitrogens is 1. The standard InChI is InChI=1S/C16H16N4O3/c21-16(19-14-6-7-17-10-15(14)20(22)23)18-9-12-8-13(12)11-4-2-1-3-5-11/h1-7,10,12-13H,8-9H2,(H2,17,18,19,21)/t12-,13-/m0/s1. The van der Waals surface area contributed by atoms with E-state index in [-0.39, 0.29) is 11.4 Å². The Morgan fingerprint density at radius 2 is 2.09 bits per heavy atom. The molecule has 0 aliphatic heterocycles. The summed E-state index contributed by atoms with van der Waals surface area (Å²) in [6.45, 7) is 0.546. The molecule has 1 aliphatic rings. The fourth-order valence-electron chi connectivity index (χ4n) is 2.61. The molecule has 1 fully saturated rings. The second kappa shape index (κ2) is 6.43. The Hall–Kier alpha value is -2.96. The van der Waals surface area contributed by atoms with Gasteiger partial charge in [-0.1, -0.05) is 30.3 Å². The molecule has 7 nitrogen and oxygen atoms in total. The molecule has 2 atom stereocenters. The molecular formula is C16H16N4O3. The second-order valence-corrected chi connectivity index (χ2v) is 5.50. The molecule has 2 aromatic rings. The zero-order chi connectivity index (χ0) is 16.2. The van der Waals surface area contributed by atoms with Gasteiger partial charge in [0.2, 0.25) is 0 Å². The van der Waals surface area contributed by atoms with Crippen LogP contribution in [0.3, 0.4) is 0 Å². The summed E-state index contributed by atoms with van der Waals surface area (Å²) < 4.78 is 0. The normalized spacial score (nSPS) is 19.0. The molecule has 23 heavy (non-hydrogen) atoms. The Bertz CT molecular complexity index is 720. The molecule has 0 unspecified atom stereocenters. The van der Waals surface area contributed by atoms with Crippen molar-refractivity contribution in [1.82, 2.24) is 10.3 Å². The molecular weight excluding hydrogens is 296 g/mol. The van der Waals surface area contributed by atoms with Gasteiger partial charge in [0.25, 0.3) is 0 Å². The van der Waals surface area contributed by atoms with Gasteiger partial charge in [-0.05, 0) is 29.9 Å². The van der Waals surface area contributed by atoms with Crippen LogP contribution in [0.15, 0.2) is 48.8 Å². The predicted octanol–water partition coefficient (Wildman–Crippen LogP) is 2.92. The van der Waals surface area contributed by atoms with Gasteiger partial charge in [0.15, 0.2) is 0 Å². The lowest BCUT2D eigenvalue weighted by molar-refractivity contribution is -0.384. The van der Waals surface area contributed by atoms with Crippen LogP contribution in [0.5, 0.6) is 0 Å². The number of hydrogen-bond acceptors (Lipinski definition) is 4. The summed E-state index contributed by atoms with van der Waals surface area (Å²) in [7, 11) is 0. The number of pyridine rings is 1. The minimum absolute atomic E-state index is 0.137. The van der Waals surface area contributed by atoms with Crippen LogP contribution in [0.4, 0.5) is 16.2 Å². The number of urea groups is 1. The number of carbonyl (C=O) groups is 1. The molecule has 1 aliphatic carbocycles. The van der Waals surface area contributed by atoms with Crippen LogP contribution < -0.4 is 10.6 Å². The Balaban J connectivity index is 1.51. The molecule has 1 aromatic carbocycles. The monoisotopic (exact) mass is 312 g/mol. The van der Waals surface area contributed by atoms with Crippen LogP contribution in [0.25, 0.3) is 0 Å². The Morgan fingerprint density at radius 1 is 1.30 bits per heavy atom. The first-order valence-electron chi connectivity index (χ1n) is 7.33. The van der Waals surface area contributed by atoms with Gasteiger partial charge in [0.05, 0.1) is 4.92 Å². The number of nitro groups is 1. The third-order valence-electron chi connectivity index (χ3n) is 3.92. The number of benzene rings is 1. The van der Waals surface area contributed by atoms with Gasteiger partial charge in [-0.2, -0.15) is 0 Å². The maximum atomic E-state index is 11.9. The van der Waals surface area contributed by atoms with Crippen molar-refractivity contribution < 1.29 is 9.72 Å². The second-order valence-electron chi connectivity index (χ2n) is 5.50. The average Bonchev–Trinajstić information content (AvgIpc) is 3.34. The van der Waals surface area contributed by atoms with E-state index in [1.807, 2.05) is 18.2 Å². The minimum Gasteiger partial charge on any atom is -0.338 e. The highest BCUT2D eigenvalue weighted by Gasteiger charge is 2.38. The maximum Gasteiger partial charge on any atom is 0.319 e. The van der Waals surface area contributed by atoms with Gasteiger partial charge in [-0.15, -0.1) is 0 Å². The van der Waals surface area contributed by atoms with Crippen molar-refractivity contribution in [3.05, 3.63) is 64.5 Å². The lowest BCUT2D eigenvalue weighted by Gasteiger charge is -2.07. The molecule has 0 saturated heterocycles. The lowest BCUT2D eigenvalue weighted by Crippen LogP contribution is -2.30. The molecule has 1 saturated carbocycles. The molecule has 3 rings (SSSR count). The summed E-state index contributed by atoms with van der Waals surface area (Å²) in [4.78, 5) is 25.9. The SMILES string of the molecule is O=C(NC[C@@H]1C[C@H]1c1ccccc1)Nc1ccncc1[N+](=O)[O-]. The number of nitrogens with zero attached hydrogens (tertiary/aromatic N) is 2. The van der Waals surface area contributed by atoms with Crippen LogP contribution in [-0.2, 0) is 0 Å². The molecule has 0 spiro atoms. The van der Waals surface area contributed by atoms with Crippen molar-refractivity contribution in [2.45, 2.75) is 12.3 Å². The van der Waals surface area contributed by atoms with Crippen LogP contribution in [0.2, 0.25) is 0 Å². The van der Waals surface area contributed by atoms with Crippen molar-refractivity contribution >= 4 is 17.4 Å². The molecule has 2 amide bonds. The number of anilines is 1. The maximum absolute atomic E-state index is 11.9. The smallest absolute Gasteiger partial charge is 0.319 e. The highest BCUT2D eigenvalue weighted by Crippen LogP contribution is 2.46. The predicted molar refractivity (Wildman–Crippen MR) is 85.2 cm³/mol. The minimum atomic E-state index is -0.574. The molecule has 7 heteroatoms. The van der Waals surface area contributed by atoms with Crippen LogP contribution in [-0.4, -0.2) is 22.5 Å². The van der Waals surface area contributed by atoms with E-state index in [4.69, 9.17) is 0 Å². The van der Waals surface area contributed by atoms with Gasteiger partial charge in [0, 0.05) is 12.7 Å². The molecule has 0 bridgehead atoms. The summed E-state index contributed by atoms with van der Waals surface area (Å²) in [6, 6.07) is 11.1. The first-order valence-corrected chi connectivity index (χ1v) is 7.33. The number of nitrogens with one attached hydrogen (secondary N) is 2. The summed E-state index contributed by atoms with van der Waals surface area (Å²) in [5.41, 5.74) is 1.19. The van der Waals surface area contributed by atoms with Gasteiger partial charge in [-0.3, -0.25) is 15.1 Å². The highest BCUT2D eigenvalue weighted by atomic mass is 16.6. The van der Waals surface area contributed by atoms with Crippen LogP contribution >= 0.6 is 0 Å². The van der Waals surface area contributed by atoms with Gasteiger partial charge in [0.1, 0.15) is 11.9 Å². The van der Waals surface area contributed by atoms with Crippen LogP contribution in [0, 0.1) is 16.0 Å². The summed E-state index contributed by atoms with van der Waals surface area (Å²) in [6.07, 6.45) is 3.55. The number of hydrogen-bond donors (Lipinski definition) is 2. The number of carbonyl (C=O) groups excluding carboxylic acids is 1. The van der Waals surface area contributed by atoms with Crippen LogP contribution in [0.1, 0.15) is 17.9 Å². The molecule has 118 valence electrons. The van der Waals surface area contributed by atoms with Crippen molar-refractivity contribution in [2.24, 2.45) is 5.92 Å². The average molecular weight is 312 g/mol. The zero-order valence-electron chi connectivity index (χ0n) is 12.3. The summed E-state index contributed by atoms with van der Waals surface area (Å²) in [5.74, 6) is 0.891. The lowest BCUT2D eigenvalue weighted by atomic mass is 10.1. The highest BCUT2D eigenvalue weighted by molar-refractivity contribution is 5.91. The van der Waals surface area contributed by atoms with Crippen molar-refractivity contribution in [2.75, 3.05) is 11.9 Å². The van der Waals surface area contributed by atoms with Gasteiger partial charge in [-0.25, -0.2) is 4.79 Å². The number of rotatable bonds is 5. The van der Waals surface area contributed by atoms with Crippen molar-refractivity contribution in [3.63, 3.8) is 0 Å². The largest absolute Gasteiger partial charge is 0.338 e. The van der Waals surface area contributed by atoms with E-state index in [1.165, 1.54) is 17.8 Å².